The number of hydrogen-bond acceptors (Lipinski definition) is 3. The van der Waals surface area contributed by atoms with Gasteiger partial charge in [0.1, 0.15) is 5.75 Å². The molecule has 0 aliphatic carbocycles. The van der Waals surface area contributed by atoms with Gasteiger partial charge < -0.3 is 15.4 Å². The van der Waals surface area contributed by atoms with Gasteiger partial charge in [0.2, 0.25) is 0 Å². The quantitative estimate of drug-likeness (QED) is 0.849. The van der Waals surface area contributed by atoms with Gasteiger partial charge in [0, 0.05) is 24.0 Å². The summed E-state index contributed by atoms with van der Waals surface area (Å²) in [4.78, 5) is 12.1. The van der Waals surface area contributed by atoms with E-state index in [1.807, 2.05) is 43.4 Å². The number of carbonyl (C=O) groups is 1. The fourth-order valence-corrected chi connectivity index (χ4v) is 1.85. The highest BCUT2D eigenvalue weighted by atomic mass is 16.5. The second-order valence-corrected chi connectivity index (χ2v) is 4.65. The lowest BCUT2D eigenvalue weighted by Gasteiger charge is -2.08. The number of benzene rings is 2. The molecular formula is C17H20N2O2. The number of rotatable bonds is 6. The zero-order valence-electron chi connectivity index (χ0n) is 12.3. The van der Waals surface area contributed by atoms with E-state index in [1.54, 1.807) is 12.1 Å². The fourth-order valence-electron chi connectivity index (χ4n) is 1.85. The molecule has 21 heavy (non-hydrogen) atoms. The smallest absolute Gasteiger partial charge is 0.255 e. The third-order valence-corrected chi connectivity index (χ3v) is 3.02. The molecule has 2 aromatic carbocycles. The highest BCUT2D eigenvalue weighted by Gasteiger charge is 2.06. The topological polar surface area (TPSA) is 50.4 Å². The maximum absolute atomic E-state index is 12.1. The summed E-state index contributed by atoms with van der Waals surface area (Å²) in [5.41, 5.74) is 2.35. The molecule has 1 amide bonds. The van der Waals surface area contributed by atoms with Crippen molar-refractivity contribution in [3.05, 3.63) is 54.1 Å². The van der Waals surface area contributed by atoms with E-state index in [0.717, 1.165) is 23.5 Å². The van der Waals surface area contributed by atoms with E-state index >= 15 is 0 Å². The lowest BCUT2D eigenvalue weighted by Crippen LogP contribution is -2.11. The second-order valence-electron chi connectivity index (χ2n) is 4.65. The first kappa shape index (κ1) is 14.9. The Morgan fingerprint density at radius 2 is 1.62 bits per heavy atom. The zero-order valence-corrected chi connectivity index (χ0v) is 12.3. The molecule has 0 saturated heterocycles. The van der Waals surface area contributed by atoms with Gasteiger partial charge in [-0.15, -0.1) is 0 Å². The molecule has 0 spiro atoms. The third kappa shape index (κ3) is 4.24. The molecule has 0 unspecified atom stereocenters. The van der Waals surface area contributed by atoms with Crippen LogP contribution in [0.2, 0.25) is 0 Å². The molecule has 0 heterocycles. The molecule has 0 saturated carbocycles. The first-order valence-electron chi connectivity index (χ1n) is 7.05. The van der Waals surface area contributed by atoms with Gasteiger partial charge in [0.25, 0.3) is 5.91 Å². The summed E-state index contributed by atoms with van der Waals surface area (Å²) in [6.07, 6.45) is 0.973. The van der Waals surface area contributed by atoms with Gasteiger partial charge in [-0.25, -0.2) is 0 Å². The largest absolute Gasteiger partial charge is 0.494 e. The van der Waals surface area contributed by atoms with Crippen LogP contribution < -0.4 is 15.4 Å². The molecule has 0 fully saturated rings. The maximum Gasteiger partial charge on any atom is 0.255 e. The van der Waals surface area contributed by atoms with Crippen LogP contribution in [0.1, 0.15) is 23.7 Å². The molecule has 110 valence electrons. The van der Waals surface area contributed by atoms with Crippen molar-refractivity contribution in [2.75, 3.05) is 24.3 Å². The second kappa shape index (κ2) is 7.33. The predicted molar refractivity (Wildman–Crippen MR) is 86.2 cm³/mol. The first-order valence-corrected chi connectivity index (χ1v) is 7.05. The van der Waals surface area contributed by atoms with E-state index in [4.69, 9.17) is 4.74 Å². The minimum atomic E-state index is -0.125. The fraction of sp³-hybridized carbons (Fsp3) is 0.235. The molecule has 0 aliphatic rings. The molecule has 0 atom stereocenters. The van der Waals surface area contributed by atoms with Crippen LogP contribution in [0.15, 0.2) is 48.5 Å². The van der Waals surface area contributed by atoms with Crippen molar-refractivity contribution in [2.45, 2.75) is 13.3 Å². The number of ether oxygens (including phenoxy) is 1. The Kier molecular flexibility index (Phi) is 5.21. The summed E-state index contributed by atoms with van der Waals surface area (Å²) < 4.78 is 5.51. The summed E-state index contributed by atoms with van der Waals surface area (Å²) in [6, 6.07) is 14.7. The van der Waals surface area contributed by atoms with Gasteiger partial charge in [-0.3, -0.25) is 4.79 Å². The summed E-state index contributed by atoms with van der Waals surface area (Å²) in [7, 11) is 1.84. The lowest BCUT2D eigenvalue weighted by atomic mass is 10.2. The summed E-state index contributed by atoms with van der Waals surface area (Å²) in [6.45, 7) is 2.76. The molecule has 4 heteroatoms. The Morgan fingerprint density at radius 3 is 2.19 bits per heavy atom. The summed E-state index contributed by atoms with van der Waals surface area (Å²) in [5, 5.41) is 5.88. The van der Waals surface area contributed by atoms with Crippen molar-refractivity contribution >= 4 is 17.3 Å². The van der Waals surface area contributed by atoms with Crippen LogP contribution in [0, 0.1) is 0 Å². The molecule has 0 bridgehead atoms. The van der Waals surface area contributed by atoms with E-state index in [2.05, 4.69) is 17.6 Å². The monoisotopic (exact) mass is 284 g/mol. The van der Waals surface area contributed by atoms with Gasteiger partial charge >= 0.3 is 0 Å². The highest BCUT2D eigenvalue weighted by Crippen LogP contribution is 2.17. The Balaban J connectivity index is 1.98. The number of hydrogen-bond donors (Lipinski definition) is 2. The molecular weight excluding hydrogens is 264 g/mol. The highest BCUT2D eigenvalue weighted by molar-refractivity contribution is 6.04. The Hall–Kier alpha value is -2.49. The van der Waals surface area contributed by atoms with Gasteiger partial charge in [-0.2, -0.15) is 0 Å². The van der Waals surface area contributed by atoms with Crippen LogP contribution in [-0.2, 0) is 0 Å². The van der Waals surface area contributed by atoms with Gasteiger partial charge in [-0.05, 0) is 55.0 Å². The van der Waals surface area contributed by atoms with Crippen molar-refractivity contribution in [3.8, 4) is 5.75 Å². The molecule has 0 radical (unpaired) electrons. The number of amides is 1. The van der Waals surface area contributed by atoms with Crippen LogP contribution in [0.25, 0.3) is 0 Å². The van der Waals surface area contributed by atoms with Gasteiger partial charge in [0.05, 0.1) is 6.61 Å². The normalized spacial score (nSPS) is 10.0. The molecule has 2 aromatic rings. The minimum Gasteiger partial charge on any atom is -0.494 e. The van der Waals surface area contributed by atoms with Crippen LogP contribution in [0.3, 0.4) is 0 Å². The molecule has 0 aliphatic heterocycles. The Labute approximate surface area is 125 Å². The standard InChI is InChI=1S/C17H20N2O2/c1-3-12-21-16-10-8-15(9-11-16)19-17(20)13-4-6-14(18-2)7-5-13/h4-11,18H,3,12H2,1-2H3,(H,19,20). The molecule has 2 N–H and O–H groups in total. The van der Waals surface area contributed by atoms with Crippen molar-refractivity contribution in [2.24, 2.45) is 0 Å². The lowest BCUT2D eigenvalue weighted by molar-refractivity contribution is 0.102. The van der Waals surface area contributed by atoms with E-state index in [9.17, 15) is 4.79 Å². The Bertz CT molecular complexity index is 577. The van der Waals surface area contributed by atoms with Crippen molar-refractivity contribution < 1.29 is 9.53 Å². The zero-order chi connectivity index (χ0) is 15.1. The van der Waals surface area contributed by atoms with E-state index in [1.165, 1.54) is 0 Å². The van der Waals surface area contributed by atoms with Crippen molar-refractivity contribution in [1.29, 1.82) is 0 Å². The van der Waals surface area contributed by atoms with Gasteiger partial charge in [-0.1, -0.05) is 6.92 Å². The number of nitrogens with one attached hydrogen (secondary N) is 2. The summed E-state index contributed by atoms with van der Waals surface area (Å²) in [5.74, 6) is 0.688. The molecule has 4 nitrogen and oxygen atoms in total. The van der Waals surface area contributed by atoms with Crippen LogP contribution in [0.4, 0.5) is 11.4 Å². The summed E-state index contributed by atoms with van der Waals surface area (Å²) >= 11 is 0. The SMILES string of the molecule is CCCOc1ccc(NC(=O)c2ccc(NC)cc2)cc1. The van der Waals surface area contributed by atoms with Crippen LogP contribution >= 0.6 is 0 Å². The maximum atomic E-state index is 12.1. The van der Waals surface area contributed by atoms with E-state index in [0.29, 0.717) is 12.2 Å². The third-order valence-electron chi connectivity index (χ3n) is 3.02. The minimum absolute atomic E-state index is 0.125. The predicted octanol–water partition coefficient (Wildman–Crippen LogP) is 3.77. The van der Waals surface area contributed by atoms with Gasteiger partial charge in [0.15, 0.2) is 0 Å². The van der Waals surface area contributed by atoms with E-state index < -0.39 is 0 Å². The number of anilines is 2. The van der Waals surface area contributed by atoms with Crippen LogP contribution in [0.5, 0.6) is 5.75 Å². The Morgan fingerprint density at radius 1 is 1.00 bits per heavy atom. The first-order chi connectivity index (χ1) is 10.2. The number of carbonyl (C=O) groups excluding carboxylic acids is 1. The van der Waals surface area contributed by atoms with Crippen molar-refractivity contribution in [3.63, 3.8) is 0 Å². The van der Waals surface area contributed by atoms with Crippen molar-refractivity contribution in [1.82, 2.24) is 0 Å². The van der Waals surface area contributed by atoms with Crippen LogP contribution in [-0.4, -0.2) is 19.6 Å². The average molecular weight is 284 g/mol. The molecule has 0 aromatic heterocycles. The molecule has 2 rings (SSSR count). The average Bonchev–Trinajstić information content (AvgIpc) is 2.54. The van der Waals surface area contributed by atoms with E-state index in [-0.39, 0.29) is 5.91 Å².